The van der Waals surface area contributed by atoms with E-state index in [9.17, 15) is 13.2 Å². The Hall–Kier alpha value is 0.380. The van der Waals surface area contributed by atoms with Gasteiger partial charge in [-0.3, -0.25) is 9.35 Å². The Morgan fingerprint density at radius 1 is 1.54 bits per heavy atom. The molecule has 0 saturated heterocycles. The van der Waals surface area contributed by atoms with Crippen molar-refractivity contribution in [3.63, 3.8) is 0 Å². The predicted molar refractivity (Wildman–Crippen MR) is 49.4 cm³/mol. The third-order valence-electron chi connectivity index (χ3n) is 1.34. The average molecular weight is 220 g/mol. The van der Waals surface area contributed by atoms with Crippen LogP contribution in [-0.2, 0) is 19.6 Å². The molecule has 0 aliphatic heterocycles. The number of carbonyl (C=O) groups excluding carboxylic acids is 1. The summed E-state index contributed by atoms with van der Waals surface area (Å²) in [7, 11) is -3.99. The Morgan fingerprint density at radius 2 is 2.00 bits per heavy atom. The fourth-order valence-corrected chi connectivity index (χ4v) is 0.912. The Kier molecular flexibility index (Phi) is 8.26. The minimum atomic E-state index is -3.99. The Morgan fingerprint density at radius 3 is 2.31 bits per heavy atom. The molecule has 0 heterocycles. The summed E-state index contributed by atoms with van der Waals surface area (Å²) < 4.78 is 33.8. The second-order valence-electron chi connectivity index (χ2n) is 2.45. The average Bonchev–Trinajstić information content (AvgIpc) is 1.84. The SMILES string of the molecule is CC(=O)OCCC(C)S(=O)(=O)O.[NaH]. The molecule has 0 amide bonds. The van der Waals surface area contributed by atoms with Gasteiger partial charge in [0.2, 0.25) is 0 Å². The van der Waals surface area contributed by atoms with Crippen LogP contribution in [0.5, 0.6) is 0 Å². The van der Waals surface area contributed by atoms with E-state index in [0.29, 0.717) is 0 Å². The van der Waals surface area contributed by atoms with E-state index < -0.39 is 21.3 Å². The monoisotopic (exact) mass is 220 g/mol. The molecule has 1 unspecified atom stereocenters. The van der Waals surface area contributed by atoms with Crippen molar-refractivity contribution in [1.29, 1.82) is 0 Å². The zero-order valence-electron chi connectivity index (χ0n) is 6.98. The van der Waals surface area contributed by atoms with Gasteiger partial charge < -0.3 is 4.74 Å². The van der Waals surface area contributed by atoms with Crippen molar-refractivity contribution in [2.75, 3.05) is 6.61 Å². The maximum absolute atomic E-state index is 10.4. The van der Waals surface area contributed by atoms with Gasteiger partial charge in [-0.1, -0.05) is 0 Å². The van der Waals surface area contributed by atoms with Crippen LogP contribution < -0.4 is 0 Å². The molecule has 13 heavy (non-hydrogen) atoms. The van der Waals surface area contributed by atoms with Crippen LogP contribution in [0, 0.1) is 0 Å². The van der Waals surface area contributed by atoms with Gasteiger partial charge in [0.1, 0.15) is 0 Å². The zero-order chi connectivity index (χ0) is 9.78. The van der Waals surface area contributed by atoms with Crippen LogP contribution in [0.4, 0.5) is 0 Å². The molecule has 0 saturated carbocycles. The second kappa shape index (κ2) is 6.78. The third-order valence-corrected chi connectivity index (χ3v) is 2.59. The summed E-state index contributed by atoms with van der Waals surface area (Å²) in [4.78, 5) is 10.2. The van der Waals surface area contributed by atoms with E-state index in [1.165, 1.54) is 13.8 Å². The second-order valence-corrected chi connectivity index (χ2v) is 4.29. The summed E-state index contributed by atoms with van der Waals surface area (Å²) in [6, 6.07) is 0. The van der Waals surface area contributed by atoms with Crippen LogP contribution in [0.3, 0.4) is 0 Å². The molecular weight excluding hydrogens is 207 g/mol. The van der Waals surface area contributed by atoms with E-state index in [1.54, 1.807) is 0 Å². The Bertz CT molecular complexity index is 248. The number of esters is 1. The molecule has 0 rings (SSSR count). The molecule has 0 aliphatic rings. The Labute approximate surface area is 99.9 Å². The summed E-state index contributed by atoms with van der Waals surface area (Å²) in [6.45, 7) is 2.59. The molecule has 1 atom stereocenters. The van der Waals surface area contributed by atoms with E-state index in [-0.39, 0.29) is 42.6 Å². The van der Waals surface area contributed by atoms with E-state index >= 15 is 0 Å². The first-order valence-corrected chi connectivity index (χ1v) is 4.94. The molecule has 0 radical (unpaired) electrons. The molecular formula is C6H13NaO5S. The fraction of sp³-hybridized carbons (Fsp3) is 0.833. The fourth-order valence-electron chi connectivity index (χ4n) is 0.518. The molecule has 5 nitrogen and oxygen atoms in total. The first-order valence-electron chi connectivity index (χ1n) is 3.43. The molecule has 1 N–H and O–H groups in total. The van der Waals surface area contributed by atoms with E-state index in [2.05, 4.69) is 4.74 Å². The summed E-state index contributed by atoms with van der Waals surface area (Å²) in [5.41, 5.74) is 0. The number of carbonyl (C=O) groups is 1. The number of rotatable bonds is 4. The normalized spacial score (nSPS) is 12.8. The van der Waals surface area contributed by atoms with Crippen molar-refractivity contribution >= 4 is 45.6 Å². The first kappa shape index (κ1) is 15.8. The molecule has 7 heteroatoms. The quantitative estimate of drug-likeness (QED) is 0.395. The van der Waals surface area contributed by atoms with Gasteiger partial charge in [-0.25, -0.2) is 0 Å². The van der Waals surface area contributed by atoms with E-state index in [4.69, 9.17) is 4.55 Å². The van der Waals surface area contributed by atoms with Crippen molar-refractivity contribution in [1.82, 2.24) is 0 Å². The van der Waals surface area contributed by atoms with E-state index in [0.717, 1.165) is 0 Å². The molecule has 74 valence electrons. The van der Waals surface area contributed by atoms with Crippen LogP contribution >= 0.6 is 0 Å². The molecule has 0 aromatic carbocycles. The number of hydrogen-bond acceptors (Lipinski definition) is 4. The summed E-state index contributed by atoms with van der Waals surface area (Å²) >= 11 is 0. The summed E-state index contributed by atoms with van der Waals surface area (Å²) in [5, 5.41) is -0.892. The first-order chi connectivity index (χ1) is 5.34. The van der Waals surface area contributed by atoms with Gasteiger partial charge in [0.25, 0.3) is 10.1 Å². The van der Waals surface area contributed by atoms with Crippen LogP contribution in [-0.4, -0.2) is 60.4 Å². The molecule has 0 bridgehead atoms. The van der Waals surface area contributed by atoms with Crippen molar-refractivity contribution in [3.8, 4) is 0 Å². The van der Waals surface area contributed by atoms with Gasteiger partial charge in [0.05, 0.1) is 11.9 Å². The van der Waals surface area contributed by atoms with Crippen molar-refractivity contribution in [3.05, 3.63) is 0 Å². The maximum atomic E-state index is 10.4. The molecule has 0 spiro atoms. The third kappa shape index (κ3) is 8.70. The van der Waals surface area contributed by atoms with Crippen LogP contribution in [0.1, 0.15) is 20.3 Å². The van der Waals surface area contributed by atoms with Crippen LogP contribution in [0.2, 0.25) is 0 Å². The summed E-state index contributed by atoms with van der Waals surface area (Å²) in [5.74, 6) is -0.461. The molecule has 0 aromatic heterocycles. The van der Waals surface area contributed by atoms with Crippen LogP contribution in [0.15, 0.2) is 0 Å². The molecule has 0 aromatic rings. The standard InChI is InChI=1S/C6H12O5S.Na.H/c1-5(12(8,9)10)3-4-11-6(2)7;;/h5H,3-4H2,1-2H3,(H,8,9,10);;. The molecule has 0 fully saturated rings. The summed E-state index contributed by atoms with van der Waals surface area (Å²) in [6.07, 6.45) is 0.110. The van der Waals surface area contributed by atoms with E-state index in [1.807, 2.05) is 0 Å². The van der Waals surface area contributed by atoms with Gasteiger partial charge in [0, 0.05) is 13.3 Å². The zero-order valence-corrected chi connectivity index (χ0v) is 7.80. The van der Waals surface area contributed by atoms with Gasteiger partial charge in [0.15, 0.2) is 0 Å². The Balaban J connectivity index is 0. The van der Waals surface area contributed by atoms with Gasteiger partial charge in [-0.15, -0.1) is 0 Å². The van der Waals surface area contributed by atoms with Crippen molar-refractivity contribution in [2.45, 2.75) is 25.5 Å². The van der Waals surface area contributed by atoms with Gasteiger partial charge >= 0.3 is 35.5 Å². The van der Waals surface area contributed by atoms with Crippen LogP contribution in [0.25, 0.3) is 0 Å². The predicted octanol–water partition coefficient (Wildman–Crippen LogP) is -0.433. The van der Waals surface area contributed by atoms with Crippen molar-refractivity contribution in [2.24, 2.45) is 0 Å². The minimum absolute atomic E-state index is 0. The topological polar surface area (TPSA) is 80.7 Å². The number of hydrogen-bond donors (Lipinski definition) is 1. The number of ether oxygens (including phenoxy) is 1. The van der Waals surface area contributed by atoms with Crippen molar-refractivity contribution < 1.29 is 22.5 Å². The van der Waals surface area contributed by atoms with Gasteiger partial charge in [-0.2, -0.15) is 8.42 Å². The van der Waals surface area contributed by atoms with Gasteiger partial charge in [-0.05, 0) is 6.92 Å². The molecule has 0 aliphatic carbocycles.